The lowest BCUT2D eigenvalue weighted by molar-refractivity contribution is -0.384. The normalized spacial score (nSPS) is 41.0. The second kappa shape index (κ2) is 15.7. The molecule has 2 aliphatic heterocycles. The zero-order valence-electron chi connectivity index (χ0n) is 41.3. The van der Waals surface area contributed by atoms with Gasteiger partial charge in [0.2, 0.25) is 0 Å². The molecule has 8 aliphatic rings. The van der Waals surface area contributed by atoms with E-state index in [1.165, 1.54) is 30.9 Å². The summed E-state index contributed by atoms with van der Waals surface area (Å²) in [4.78, 5) is 71.2. The largest absolute Gasteiger partial charge is 0.472 e. The minimum Gasteiger partial charge on any atom is -0.472 e. The molecule has 0 unspecified atom stereocenters. The van der Waals surface area contributed by atoms with Crippen molar-refractivity contribution in [2.75, 3.05) is 14.2 Å². The van der Waals surface area contributed by atoms with Crippen LogP contribution in [0.15, 0.2) is 91.6 Å². The Bertz CT molecular complexity index is 2700. The van der Waals surface area contributed by atoms with Gasteiger partial charge in [-0.2, -0.15) is 0 Å². The van der Waals surface area contributed by atoms with E-state index in [4.69, 9.17) is 32.5 Å². The Kier molecular flexibility index (Phi) is 10.9. The molecule has 376 valence electrons. The molecule has 0 saturated heterocycles. The van der Waals surface area contributed by atoms with Gasteiger partial charge in [0.15, 0.2) is 18.0 Å². The molecule has 0 radical (unpaired) electrons. The van der Waals surface area contributed by atoms with Crippen molar-refractivity contribution in [3.8, 4) is 0 Å². The van der Waals surface area contributed by atoms with Gasteiger partial charge in [-0.15, -0.1) is 0 Å². The zero-order valence-corrected chi connectivity index (χ0v) is 41.3. The molecule has 6 aliphatic carbocycles. The van der Waals surface area contributed by atoms with Crippen molar-refractivity contribution in [2.24, 2.45) is 56.2 Å². The van der Waals surface area contributed by atoms with Crippen LogP contribution in [0.25, 0.3) is 0 Å². The molecule has 0 spiro atoms. The van der Waals surface area contributed by atoms with Gasteiger partial charge in [0.1, 0.15) is 18.0 Å². The lowest BCUT2D eigenvalue weighted by Crippen LogP contribution is -2.76. The van der Waals surface area contributed by atoms with Crippen molar-refractivity contribution < 1.29 is 76.9 Å². The quantitative estimate of drug-likeness (QED) is 0.130. The Morgan fingerprint density at radius 2 is 1.20 bits per heavy atom. The van der Waals surface area contributed by atoms with Gasteiger partial charge in [0.25, 0.3) is 0 Å². The highest BCUT2D eigenvalue weighted by atomic mass is 16.7. The van der Waals surface area contributed by atoms with Crippen LogP contribution in [0.2, 0.25) is 0 Å². The van der Waals surface area contributed by atoms with E-state index in [0.717, 1.165) is 14.2 Å². The third-order valence-electron chi connectivity index (χ3n) is 19.4. The Morgan fingerprint density at radius 1 is 0.700 bits per heavy atom. The molecule has 2 aromatic heterocycles. The van der Waals surface area contributed by atoms with Crippen LogP contribution in [0.5, 0.6) is 0 Å². The first-order chi connectivity index (χ1) is 32.8. The third-order valence-corrected chi connectivity index (χ3v) is 19.4. The van der Waals surface area contributed by atoms with Gasteiger partial charge in [0, 0.05) is 63.2 Å². The van der Waals surface area contributed by atoms with Crippen molar-refractivity contribution in [1.82, 2.24) is 0 Å². The van der Waals surface area contributed by atoms with Crippen LogP contribution in [-0.2, 0) is 47.7 Å². The van der Waals surface area contributed by atoms with Crippen LogP contribution in [0.4, 0.5) is 0 Å². The van der Waals surface area contributed by atoms with Crippen LogP contribution in [-0.4, -0.2) is 94.5 Å². The van der Waals surface area contributed by atoms with Crippen LogP contribution < -0.4 is 0 Å². The maximum absolute atomic E-state index is 15.4. The van der Waals surface area contributed by atoms with Crippen molar-refractivity contribution in [3.63, 3.8) is 0 Å². The summed E-state index contributed by atoms with van der Waals surface area (Å²) >= 11 is 0. The SMILES string of the molecule is COC(=O)[C@@H](O[C@@]1(O)[C@H]2CC3=C(CC[C@]4(C)C3=CC(=O)O[C@H]4c3ccoc3)[C@]1(C)[C@@H]([C@@H](O)C(=O)OC)C(C)(C)[C@@H]2O)[C@H]1C(C)(C)[C@H](O)[C@@H]2CC3=C(CC[C@]4(C)C3=CC(=O)O[C@H]4c3ccoc3)[C@@]1(C)C2=O. The maximum Gasteiger partial charge on any atom is 0.335 e. The molecule has 2 aromatic rings. The second-order valence-electron chi connectivity index (χ2n) is 23.2. The van der Waals surface area contributed by atoms with Gasteiger partial charge in [-0.25, -0.2) is 19.2 Å². The monoisotopic (exact) mass is 968 g/mol. The summed E-state index contributed by atoms with van der Waals surface area (Å²) in [5.74, 6) is -11.1. The number of hydrogen-bond donors (Lipinski definition) is 4. The maximum atomic E-state index is 15.4. The summed E-state index contributed by atoms with van der Waals surface area (Å²) in [6, 6.07) is 3.48. The number of ether oxygens (including phenoxy) is 5. The number of fused-ring (bicyclic) bond motifs is 10. The number of esters is 4. The predicted octanol–water partition coefficient (Wildman–Crippen LogP) is 6.25. The van der Waals surface area contributed by atoms with Gasteiger partial charge in [-0.1, -0.05) is 59.6 Å². The van der Waals surface area contributed by atoms with Crippen molar-refractivity contribution in [2.45, 2.75) is 136 Å². The lowest BCUT2D eigenvalue weighted by Gasteiger charge is -2.69. The Hall–Kier alpha value is -5.13. The molecule has 4 N–H and O–H groups in total. The van der Waals surface area contributed by atoms with E-state index in [9.17, 15) is 39.6 Å². The number of furan rings is 2. The van der Waals surface area contributed by atoms with Crippen molar-refractivity contribution >= 4 is 29.7 Å². The molecular formula is C54H64O16. The number of ketones is 1. The van der Waals surface area contributed by atoms with Crippen molar-refractivity contribution in [1.29, 1.82) is 0 Å². The van der Waals surface area contributed by atoms with E-state index in [1.54, 1.807) is 59.9 Å². The highest BCUT2D eigenvalue weighted by Gasteiger charge is 2.77. The molecular weight excluding hydrogens is 905 g/mol. The molecule has 0 amide bonds. The van der Waals surface area contributed by atoms with Crippen molar-refractivity contribution in [3.05, 3.63) is 93.9 Å². The molecule has 4 bridgehead atoms. The third kappa shape index (κ3) is 6.09. The van der Waals surface area contributed by atoms with Gasteiger partial charge >= 0.3 is 23.9 Å². The number of aliphatic hydroxyl groups excluding tert-OH is 3. The zero-order chi connectivity index (χ0) is 50.6. The Labute approximate surface area is 406 Å². The molecule has 0 aromatic carbocycles. The fourth-order valence-electron chi connectivity index (χ4n) is 16.0. The molecule has 2 saturated carbocycles. The van der Waals surface area contributed by atoms with Gasteiger partial charge in [0.05, 0.1) is 56.9 Å². The number of carbonyl (C=O) groups is 5. The van der Waals surface area contributed by atoms with E-state index < -0.39 is 122 Å². The average Bonchev–Trinajstić information content (AvgIpc) is 4.05. The minimum atomic E-state index is -2.63. The Balaban J connectivity index is 1.17. The number of rotatable bonds is 8. The number of Topliss-reactive ketones (excluding diaryl/α,β-unsaturated/α-hetero) is 1. The first kappa shape index (κ1) is 48.5. The van der Waals surface area contributed by atoms with E-state index in [1.807, 2.05) is 13.8 Å². The summed E-state index contributed by atoms with van der Waals surface area (Å²) in [7, 11) is 2.28. The van der Waals surface area contributed by atoms with E-state index in [0.29, 0.717) is 63.8 Å². The van der Waals surface area contributed by atoms with Crippen LogP contribution >= 0.6 is 0 Å². The number of aliphatic hydroxyl groups is 4. The molecule has 16 nitrogen and oxygen atoms in total. The van der Waals surface area contributed by atoms with Gasteiger partial charge in [-0.05, 0) is 90.7 Å². The number of hydrogen-bond acceptors (Lipinski definition) is 16. The first-order valence-corrected chi connectivity index (χ1v) is 24.3. The molecule has 10 rings (SSSR count). The average molecular weight is 969 g/mol. The fourth-order valence-corrected chi connectivity index (χ4v) is 16.0. The second-order valence-corrected chi connectivity index (χ2v) is 23.2. The fraction of sp³-hybridized carbons (Fsp3) is 0.611. The van der Waals surface area contributed by atoms with Crippen LogP contribution in [0.1, 0.15) is 117 Å². The number of methoxy groups -OCH3 is 2. The standard InChI is InChI=1S/C54H64O16/c1-48(2)39(37(57)46(61)64-9)53(8)31-12-16-51(6)33(22-36(56)69-45(51)26-14-18-67-24-26)28(31)20-34(43(48)60)54(53,63)70-38(47(62)65-10)40-49(3,4)41(58)29-19-27-30(52(40,7)42(29)59)11-15-50(5)32(27)21-35(55)68-44(50)25-13-17-66-23-25/h13-14,17-18,21-24,29,34,37-41,43-45,57-58,60,63H,11-12,15-16,19-20H2,1-10H3/t29-,34-,37+,38-,39-,40-,41+,43+,44-,45-,50+,51+,52+,53+,54-/m0/s1. The summed E-state index contributed by atoms with van der Waals surface area (Å²) in [5, 5.41) is 51.9. The molecule has 4 heterocycles. The number of allylic oxidation sites excluding steroid dienone is 3. The molecule has 2 fully saturated rings. The highest BCUT2D eigenvalue weighted by Crippen LogP contribution is 2.73. The Morgan fingerprint density at radius 3 is 1.70 bits per heavy atom. The lowest BCUT2D eigenvalue weighted by atomic mass is 9.40. The van der Waals surface area contributed by atoms with E-state index in [-0.39, 0.29) is 25.0 Å². The summed E-state index contributed by atoms with van der Waals surface area (Å²) in [6.07, 6.45) is 2.10. The van der Waals surface area contributed by atoms with Crippen LogP contribution in [0, 0.1) is 56.2 Å². The van der Waals surface area contributed by atoms with E-state index >= 15 is 4.79 Å². The smallest absolute Gasteiger partial charge is 0.335 e. The predicted molar refractivity (Wildman–Crippen MR) is 244 cm³/mol. The molecule has 15 atom stereocenters. The first-order valence-electron chi connectivity index (χ1n) is 24.3. The summed E-state index contributed by atoms with van der Waals surface area (Å²) in [5.41, 5.74) is -2.60. The molecule has 70 heavy (non-hydrogen) atoms. The van der Waals surface area contributed by atoms with Crippen LogP contribution in [0.3, 0.4) is 0 Å². The summed E-state index contributed by atoms with van der Waals surface area (Å²) in [6.45, 7) is 14.3. The summed E-state index contributed by atoms with van der Waals surface area (Å²) < 4.78 is 40.7. The van der Waals surface area contributed by atoms with E-state index in [2.05, 4.69) is 0 Å². The van der Waals surface area contributed by atoms with Gasteiger partial charge < -0.3 is 52.9 Å². The van der Waals surface area contributed by atoms with Gasteiger partial charge in [-0.3, -0.25) is 4.79 Å². The number of carbonyl (C=O) groups excluding carboxylic acids is 5. The topological polar surface area (TPSA) is 239 Å². The number of cyclic esters (lactones) is 2. The molecule has 16 heteroatoms. The minimum absolute atomic E-state index is 0.0846. The highest BCUT2D eigenvalue weighted by molar-refractivity contribution is 5.96.